The lowest BCUT2D eigenvalue weighted by molar-refractivity contribution is -0.711. The molecule has 2 atom stereocenters. The standard InChI is InChI=1S/C40H62N2O10/c1-48-30-20-10-22-36(42-27-13-5-14-28-42)40(47)52-34-17-3-8-24-38(45)50-32-19-6-18-31-49-37(44)23-7-2-16-33-51-39(46)35(21-9-15-29-43)41-25-11-4-12-26-41/h4-5,11-14,25-28,35-36,43H,2-3,6-10,15-24,29-34H2,1H3/q+2. The van der Waals surface area contributed by atoms with E-state index in [1.807, 2.05) is 70.3 Å². The molecule has 52 heavy (non-hydrogen) atoms. The maximum absolute atomic E-state index is 12.8. The predicted octanol–water partition coefficient (Wildman–Crippen LogP) is 5.49. The summed E-state index contributed by atoms with van der Waals surface area (Å²) in [7, 11) is 1.67. The summed E-state index contributed by atoms with van der Waals surface area (Å²) in [6.07, 6.45) is 18.9. The molecule has 0 radical (unpaired) electrons. The molecule has 0 aliphatic heterocycles. The van der Waals surface area contributed by atoms with Gasteiger partial charge in [0.05, 0.1) is 26.4 Å². The lowest BCUT2D eigenvalue weighted by atomic mass is 10.1. The van der Waals surface area contributed by atoms with E-state index < -0.39 is 6.04 Å². The van der Waals surface area contributed by atoms with E-state index in [1.165, 1.54) is 0 Å². The highest BCUT2D eigenvalue weighted by molar-refractivity contribution is 5.72. The van der Waals surface area contributed by atoms with Crippen LogP contribution in [-0.2, 0) is 42.9 Å². The third-order valence-corrected chi connectivity index (χ3v) is 8.56. The molecular weight excluding hydrogens is 668 g/mol. The first-order chi connectivity index (χ1) is 25.5. The van der Waals surface area contributed by atoms with Gasteiger partial charge in [-0.05, 0) is 83.5 Å². The van der Waals surface area contributed by atoms with Gasteiger partial charge in [-0.25, -0.2) is 9.59 Å². The second-order valence-corrected chi connectivity index (χ2v) is 12.8. The molecule has 0 aromatic carbocycles. The van der Waals surface area contributed by atoms with Crippen molar-refractivity contribution in [3.63, 3.8) is 0 Å². The fraction of sp³-hybridized carbons (Fsp3) is 0.650. The molecule has 0 aliphatic carbocycles. The summed E-state index contributed by atoms with van der Waals surface area (Å²) in [6.45, 7) is 2.05. The summed E-state index contributed by atoms with van der Waals surface area (Å²) in [5.41, 5.74) is 0. The van der Waals surface area contributed by atoms with Crippen LogP contribution in [0.25, 0.3) is 0 Å². The summed E-state index contributed by atoms with van der Waals surface area (Å²) in [4.78, 5) is 49.6. The van der Waals surface area contributed by atoms with Gasteiger partial charge in [0.2, 0.25) is 0 Å². The van der Waals surface area contributed by atoms with E-state index in [-0.39, 0.29) is 36.5 Å². The highest BCUT2D eigenvalue weighted by atomic mass is 16.5. The summed E-state index contributed by atoms with van der Waals surface area (Å²) < 4.78 is 30.5. The predicted molar refractivity (Wildman–Crippen MR) is 193 cm³/mol. The minimum atomic E-state index is -0.420. The average Bonchev–Trinajstić information content (AvgIpc) is 3.16. The number of aromatic nitrogens is 2. The second kappa shape index (κ2) is 29.7. The van der Waals surface area contributed by atoms with Crippen molar-refractivity contribution in [1.29, 1.82) is 0 Å². The number of carbonyl (C=O) groups is 4. The van der Waals surface area contributed by atoms with Crippen molar-refractivity contribution in [3.8, 4) is 0 Å². The van der Waals surface area contributed by atoms with Crippen molar-refractivity contribution in [3.05, 3.63) is 61.2 Å². The zero-order valence-electron chi connectivity index (χ0n) is 31.2. The molecule has 2 aromatic heterocycles. The molecule has 0 spiro atoms. The number of esters is 4. The molecule has 0 aliphatic rings. The van der Waals surface area contributed by atoms with E-state index in [0.29, 0.717) is 104 Å². The number of methoxy groups -OCH3 is 1. The Balaban J connectivity index is 1.42. The largest absolute Gasteiger partial charge is 0.466 e. The Bertz CT molecular complexity index is 1230. The molecule has 2 unspecified atom stereocenters. The van der Waals surface area contributed by atoms with Crippen LogP contribution in [0, 0.1) is 0 Å². The average molecular weight is 731 g/mol. The molecule has 290 valence electrons. The van der Waals surface area contributed by atoms with Crippen LogP contribution in [0.5, 0.6) is 0 Å². The first-order valence-corrected chi connectivity index (χ1v) is 19.1. The highest BCUT2D eigenvalue weighted by Gasteiger charge is 2.29. The molecule has 0 saturated carbocycles. The number of pyridine rings is 2. The second-order valence-electron chi connectivity index (χ2n) is 12.8. The Morgan fingerprint density at radius 1 is 0.481 bits per heavy atom. The van der Waals surface area contributed by atoms with Gasteiger partial charge >= 0.3 is 23.9 Å². The molecule has 0 amide bonds. The van der Waals surface area contributed by atoms with Gasteiger partial charge in [0.15, 0.2) is 24.8 Å². The van der Waals surface area contributed by atoms with Crippen LogP contribution in [0.15, 0.2) is 61.2 Å². The number of hydrogen-bond acceptors (Lipinski definition) is 10. The van der Waals surface area contributed by atoms with Gasteiger partial charge < -0.3 is 28.8 Å². The maximum atomic E-state index is 12.8. The van der Waals surface area contributed by atoms with Crippen molar-refractivity contribution in [2.75, 3.05) is 46.8 Å². The number of nitrogens with zero attached hydrogens (tertiary/aromatic N) is 2. The molecule has 0 saturated heterocycles. The van der Waals surface area contributed by atoms with E-state index in [1.54, 1.807) is 7.11 Å². The fourth-order valence-electron chi connectivity index (χ4n) is 5.58. The summed E-state index contributed by atoms with van der Waals surface area (Å²) in [6, 6.07) is 10.5. The van der Waals surface area contributed by atoms with Crippen LogP contribution in [0.2, 0.25) is 0 Å². The van der Waals surface area contributed by atoms with Crippen LogP contribution >= 0.6 is 0 Å². The SMILES string of the molecule is COCCCCC(C(=O)OCCCCCC(=O)OCCCCCOC(=O)CCCCCOC(=O)C(CCCCO)[n+]1ccccc1)[n+]1ccccc1. The van der Waals surface area contributed by atoms with Crippen molar-refractivity contribution in [1.82, 2.24) is 0 Å². The molecule has 12 heteroatoms. The molecule has 2 heterocycles. The lowest BCUT2D eigenvalue weighted by Gasteiger charge is -2.12. The van der Waals surface area contributed by atoms with Gasteiger partial charge in [0.1, 0.15) is 0 Å². The Hall–Kier alpha value is -3.90. The van der Waals surface area contributed by atoms with Gasteiger partial charge in [0.25, 0.3) is 12.1 Å². The van der Waals surface area contributed by atoms with Gasteiger partial charge in [0, 0.05) is 70.3 Å². The Morgan fingerprint density at radius 3 is 1.29 bits per heavy atom. The van der Waals surface area contributed by atoms with Gasteiger partial charge in [-0.3, -0.25) is 9.59 Å². The monoisotopic (exact) mass is 730 g/mol. The van der Waals surface area contributed by atoms with E-state index in [9.17, 15) is 19.2 Å². The number of hydrogen-bond donors (Lipinski definition) is 1. The minimum absolute atomic E-state index is 0.0974. The molecule has 2 rings (SSSR count). The third-order valence-electron chi connectivity index (χ3n) is 8.56. The summed E-state index contributed by atoms with van der Waals surface area (Å²) in [5.74, 6) is -1.000. The van der Waals surface area contributed by atoms with Crippen LogP contribution in [0.3, 0.4) is 0 Å². The first kappa shape index (κ1) is 44.3. The molecule has 0 fully saturated rings. The minimum Gasteiger partial charge on any atom is -0.466 e. The quantitative estimate of drug-likeness (QED) is 0.0458. The van der Waals surface area contributed by atoms with E-state index >= 15 is 0 Å². The van der Waals surface area contributed by atoms with E-state index in [2.05, 4.69) is 0 Å². The smallest absolute Gasteiger partial charge is 0.375 e. The van der Waals surface area contributed by atoms with E-state index in [0.717, 1.165) is 38.5 Å². The van der Waals surface area contributed by atoms with Gasteiger partial charge in [-0.15, -0.1) is 0 Å². The Kier molecular flexibility index (Phi) is 25.2. The van der Waals surface area contributed by atoms with Crippen LogP contribution in [0.4, 0.5) is 0 Å². The molecule has 2 aromatic rings. The van der Waals surface area contributed by atoms with Crippen LogP contribution in [0.1, 0.15) is 121 Å². The zero-order chi connectivity index (χ0) is 37.5. The normalized spacial score (nSPS) is 12.1. The van der Waals surface area contributed by atoms with Gasteiger partial charge in [-0.1, -0.05) is 12.1 Å². The topological polar surface area (TPSA) is 142 Å². The van der Waals surface area contributed by atoms with Crippen LogP contribution in [-0.4, -0.2) is 75.7 Å². The highest BCUT2D eigenvalue weighted by Crippen LogP contribution is 2.14. The summed E-state index contributed by atoms with van der Waals surface area (Å²) in [5, 5.41) is 9.07. The molecular formula is C40H62N2O10+2. The Morgan fingerprint density at radius 2 is 0.865 bits per heavy atom. The van der Waals surface area contributed by atoms with Gasteiger partial charge in [-0.2, -0.15) is 9.13 Å². The number of carbonyl (C=O) groups excluding carboxylic acids is 4. The fourth-order valence-corrected chi connectivity index (χ4v) is 5.58. The first-order valence-electron chi connectivity index (χ1n) is 19.1. The third kappa shape index (κ3) is 20.8. The lowest BCUT2D eigenvalue weighted by Crippen LogP contribution is -2.44. The Labute approximate surface area is 309 Å². The van der Waals surface area contributed by atoms with Crippen LogP contribution < -0.4 is 9.13 Å². The molecule has 0 bridgehead atoms. The maximum Gasteiger partial charge on any atom is 0.375 e. The number of aliphatic hydroxyl groups excluding tert-OH is 1. The van der Waals surface area contributed by atoms with Crippen molar-refractivity contribution in [2.45, 2.75) is 121 Å². The zero-order valence-corrected chi connectivity index (χ0v) is 31.2. The molecule has 12 nitrogen and oxygen atoms in total. The van der Waals surface area contributed by atoms with E-state index in [4.69, 9.17) is 28.8 Å². The van der Waals surface area contributed by atoms with Crippen molar-refractivity contribution >= 4 is 23.9 Å². The number of ether oxygens (including phenoxy) is 5. The number of aliphatic hydroxyl groups is 1. The van der Waals surface area contributed by atoms with Crippen molar-refractivity contribution < 1.29 is 57.1 Å². The number of rotatable bonds is 31. The summed E-state index contributed by atoms with van der Waals surface area (Å²) >= 11 is 0. The van der Waals surface area contributed by atoms with Crippen molar-refractivity contribution in [2.24, 2.45) is 0 Å². The number of unbranched alkanes of at least 4 members (excludes halogenated alkanes) is 8. The molecule has 1 N–H and O–H groups in total.